The summed E-state index contributed by atoms with van der Waals surface area (Å²) in [7, 11) is 2.07. The van der Waals surface area contributed by atoms with Gasteiger partial charge in [0.25, 0.3) is 0 Å². The van der Waals surface area contributed by atoms with Crippen LogP contribution in [0.4, 0.5) is 10.8 Å². The Morgan fingerprint density at radius 1 is 1.35 bits per heavy atom. The first-order valence-corrected chi connectivity index (χ1v) is 7.62. The van der Waals surface area contributed by atoms with Crippen LogP contribution in [0.1, 0.15) is 12.8 Å². The Kier molecular flexibility index (Phi) is 3.63. The standard InChI is InChI=1S/C15H19N3OS/c1-18(9-10-7-12(19)8-10)15-13(14(16)17-20-15)11-5-3-2-4-6-11/h2-6,10,12,19H,7-9H2,1H3,(H2,16,17). The van der Waals surface area contributed by atoms with Gasteiger partial charge in [0.05, 0.1) is 11.7 Å². The average molecular weight is 289 g/mol. The van der Waals surface area contributed by atoms with Gasteiger partial charge in [-0.2, -0.15) is 4.37 Å². The van der Waals surface area contributed by atoms with E-state index in [4.69, 9.17) is 5.73 Å². The number of benzene rings is 1. The molecule has 0 saturated heterocycles. The van der Waals surface area contributed by atoms with Crippen molar-refractivity contribution in [2.24, 2.45) is 5.92 Å². The van der Waals surface area contributed by atoms with Crippen LogP contribution in [0, 0.1) is 5.92 Å². The zero-order valence-electron chi connectivity index (χ0n) is 11.5. The molecular weight excluding hydrogens is 270 g/mol. The zero-order valence-corrected chi connectivity index (χ0v) is 12.3. The highest BCUT2D eigenvalue weighted by molar-refractivity contribution is 7.11. The Balaban J connectivity index is 1.83. The van der Waals surface area contributed by atoms with Gasteiger partial charge in [0.2, 0.25) is 0 Å². The molecule has 0 spiro atoms. The Morgan fingerprint density at radius 2 is 2.05 bits per heavy atom. The van der Waals surface area contributed by atoms with Crippen LogP contribution >= 0.6 is 11.5 Å². The van der Waals surface area contributed by atoms with Gasteiger partial charge in [0, 0.05) is 13.6 Å². The molecule has 5 heteroatoms. The van der Waals surface area contributed by atoms with Crippen LogP contribution in [0.3, 0.4) is 0 Å². The van der Waals surface area contributed by atoms with Gasteiger partial charge in [0.1, 0.15) is 10.8 Å². The van der Waals surface area contributed by atoms with E-state index in [1.54, 1.807) is 0 Å². The summed E-state index contributed by atoms with van der Waals surface area (Å²) in [6.45, 7) is 0.943. The van der Waals surface area contributed by atoms with Crippen LogP contribution in [-0.4, -0.2) is 29.2 Å². The first-order valence-electron chi connectivity index (χ1n) is 6.85. The highest BCUT2D eigenvalue weighted by atomic mass is 32.1. The summed E-state index contributed by atoms with van der Waals surface area (Å²) in [5.41, 5.74) is 8.17. The molecule has 4 nitrogen and oxygen atoms in total. The van der Waals surface area contributed by atoms with E-state index >= 15 is 0 Å². The first kappa shape index (κ1) is 13.4. The highest BCUT2D eigenvalue weighted by Crippen LogP contribution is 2.40. The van der Waals surface area contributed by atoms with Crippen LogP contribution in [0.2, 0.25) is 0 Å². The number of nitrogens with two attached hydrogens (primary N) is 1. The molecule has 3 N–H and O–H groups in total. The average Bonchev–Trinajstić information content (AvgIpc) is 2.80. The van der Waals surface area contributed by atoms with Gasteiger partial charge in [-0.3, -0.25) is 0 Å². The topological polar surface area (TPSA) is 62.4 Å². The van der Waals surface area contributed by atoms with E-state index in [0.29, 0.717) is 11.7 Å². The molecule has 0 atom stereocenters. The van der Waals surface area contributed by atoms with Crippen molar-refractivity contribution in [1.82, 2.24) is 4.37 Å². The normalized spacial score (nSPS) is 21.5. The second-order valence-corrected chi connectivity index (χ2v) is 6.24. The molecule has 1 fully saturated rings. The van der Waals surface area contributed by atoms with Crippen molar-refractivity contribution in [2.45, 2.75) is 18.9 Å². The minimum absolute atomic E-state index is 0.103. The summed E-state index contributed by atoms with van der Waals surface area (Å²) in [6.07, 6.45) is 1.70. The Labute approximate surface area is 123 Å². The molecule has 1 aliphatic carbocycles. The van der Waals surface area contributed by atoms with Gasteiger partial charge in [-0.1, -0.05) is 30.3 Å². The minimum Gasteiger partial charge on any atom is -0.393 e. The number of aliphatic hydroxyl groups is 1. The third-order valence-corrected chi connectivity index (χ3v) is 4.83. The molecule has 1 aromatic carbocycles. The van der Waals surface area contributed by atoms with Crippen molar-refractivity contribution in [3.05, 3.63) is 30.3 Å². The fourth-order valence-electron chi connectivity index (χ4n) is 2.75. The maximum absolute atomic E-state index is 9.39. The third-order valence-electron chi connectivity index (χ3n) is 3.85. The predicted molar refractivity (Wildman–Crippen MR) is 84.0 cm³/mol. The molecule has 0 amide bonds. The van der Waals surface area contributed by atoms with Crippen molar-refractivity contribution in [3.63, 3.8) is 0 Å². The maximum atomic E-state index is 9.39. The molecule has 0 bridgehead atoms. The lowest BCUT2D eigenvalue weighted by atomic mass is 9.82. The van der Waals surface area contributed by atoms with Gasteiger partial charge < -0.3 is 15.7 Å². The SMILES string of the molecule is CN(CC1CC(O)C1)c1snc(N)c1-c1ccccc1. The number of aromatic nitrogens is 1. The predicted octanol–water partition coefficient (Wildman–Crippen LogP) is 2.60. The molecule has 1 saturated carbocycles. The van der Waals surface area contributed by atoms with Gasteiger partial charge in [-0.15, -0.1) is 0 Å². The molecule has 0 radical (unpaired) electrons. The largest absolute Gasteiger partial charge is 0.393 e. The minimum atomic E-state index is -0.103. The lowest BCUT2D eigenvalue weighted by Gasteiger charge is -2.34. The van der Waals surface area contributed by atoms with Gasteiger partial charge in [-0.25, -0.2) is 0 Å². The zero-order chi connectivity index (χ0) is 14.1. The van der Waals surface area contributed by atoms with E-state index in [2.05, 4.69) is 28.5 Å². The second kappa shape index (κ2) is 5.42. The van der Waals surface area contributed by atoms with Crippen LogP contribution in [0.25, 0.3) is 11.1 Å². The maximum Gasteiger partial charge on any atom is 0.147 e. The number of nitrogen functional groups attached to an aromatic ring is 1. The van der Waals surface area contributed by atoms with Crippen molar-refractivity contribution >= 4 is 22.4 Å². The summed E-state index contributed by atoms with van der Waals surface area (Å²) in [4.78, 5) is 2.22. The number of nitrogens with zero attached hydrogens (tertiary/aromatic N) is 2. The van der Waals surface area contributed by atoms with E-state index in [1.807, 2.05) is 18.2 Å². The van der Waals surface area contributed by atoms with Crippen LogP contribution in [-0.2, 0) is 0 Å². The third kappa shape index (κ3) is 2.51. The Hall–Kier alpha value is -1.59. The Bertz CT molecular complexity index is 578. The molecular formula is C15H19N3OS. The second-order valence-electron chi connectivity index (χ2n) is 5.49. The molecule has 1 aliphatic rings. The van der Waals surface area contributed by atoms with E-state index < -0.39 is 0 Å². The Morgan fingerprint density at radius 3 is 2.70 bits per heavy atom. The van der Waals surface area contributed by atoms with E-state index in [-0.39, 0.29) is 6.10 Å². The molecule has 1 heterocycles. The van der Waals surface area contributed by atoms with Crippen molar-refractivity contribution < 1.29 is 5.11 Å². The summed E-state index contributed by atoms with van der Waals surface area (Å²) in [6, 6.07) is 10.1. The quantitative estimate of drug-likeness (QED) is 0.908. The van der Waals surface area contributed by atoms with E-state index in [1.165, 1.54) is 11.5 Å². The number of aliphatic hydroxyl groups excluding tert-OH is 1. The smallest absolute Gasteiger partial charge is 0.147 e. The lowest BCUT2D eigenvalue weighted by Crippen LogP contribution is -2.37. The molecule has 0 aliphatic heterocycles. The number of hydrogen-bond acceptors (Lipinski definition) is 5. The lowest BCUT2D eigenvalue weighted by molar-refractivity contribution is 0.0465. The molecule has 2 aromatic rings. The van der Waals surface area contributed by atoms with Crippen molar-refractivity contribution in [1.29, 1.82) is 0 Å². The van der Waals surface area contributed by atoms with Gasteiger partial charge >= 0.3 is 0 Å². The highest BCUT2D eigenvalue weighted by Gasteiger charge is 2.29. The van der Waals surface area contributed by atoms with Gasteiger partial charge in [0.15, 0.2) is 0 Å². The fraction of sp³-hybridized carbons (Fsp3) is 0.400. The van der Waals surface area contributed by atoms with Crippen molar-refractivity contribution in [2.75, 3.05) is 24.2 Å². The monoisotopic (exact) mass is 289 g/mol. The summed E-state index contributed by atoms with van der Waals surface area (Å²) in [5.74, 6) is 1.17. The molecule has 20 heavy (non-hydrogen) atoms. The van der Waals surface area contributed by atoms with Crippen LogP contribution < -0.4 is 10.6 Å². The number of hydrogen-bond donors (Lipinski definition) is 2. The molecule has 3 rings (SSSR count). The van der Waals surface area contributed by atoms with E-state index in [9.17, 15) is 5.11 Å². The summed E-state index contributed by atoms with van der Waals surface area (Å²) in [5, 5.41) is 10.5. The van der Waals surface area contributed by atoms with Crippen LogP contribution in [0.5, 0.6) is 0 Å². The fourth-order valence-corrected chi connectivity index (χ4v) is 3.55. The molecule has 1 aromatic heterocycles. The molecule has 106 valence electrons. The van der Waals surface area contributed by atoms with Gasteiger partial charge in [-0.05, 0) is 35.9 Å². The van der Waals surface area contributed by atoms with Crippen LogP contribution in [0.15, 0.2) is 30.3 Å². The van der Waals surface area contributed by atoms with E-state index in [0.717, 1.165) is 35.5 Å². The summed E-state index contributed by atoms with van der Waals surface area (Å²) < 4.78 is 4.31. The first-order chi connectivity index (χ1) is 9.65. The van der Waals surface area contributed by atoms with Crippen molar-refractivity contribution in [3.8, 4) is 11.1 Å². The number of anilines is 2. The molecule has 0 unspecified atom stereocenters. The summed E-state index contributed by atoms with van der Waals surface area (Å²) >= 11 is 1.44. The number of rotatable bonds is 4.